The fourth-order valence-corrected chi connectivity index (χ4v) is 5.30. The van der Waals surface area contributed by atoms with Crippen LogP contribution in [-0.4, -0.2) is 15.0 Å². The summed E-state index contributed by atoms with van der Waals surface area (Å²) in [6.45, 7) is 2.67. The van der Waals surface area contributed by atoms with Crippen LogP contribution >= 0.6 is 0 Å². The average Bonchev–Trinajstić information content (AvgIpc) is 2.89. The number of benzene rings is 4. The number of aryl methyl sites for hydroxylation is 2. The molecule has 200 valence electrons. The van der Waals surface area contributed by atoms with Crippen LogP contribution < -0.4 is 5.32 Å². The molecule has 1 N–H and O–H groups in total. The second kappa shape index (κ2) is 16.4. The Morgan fingerprint density at radius 3 is 1.76 bits per heavy atom. The Kier molecular flexibility index (Phi) is 14.4. The Hall–Kier alpha value is -2.63. The summed E-state index contributed by atoms with van der Waals surface area (Å²) in [5, 5.41) is 3.63. The van der Waals surface area contributed by atoms with Crippen LogP contribution in [0, 0.1) is 21.8 Å². The molecule has 0 spiro atoms. The second-order valence-electron chi connectivity index (χ2n) is 8.68. The van der Waals surface area contributed by atoms with Crippen molar-refractivity contribution in [3.05, 3.63) is 157 Å². The van der Waals surface area contributed by atoms with Gasteiger partial charge in [0.25, 0.3) is 0 Å². The summed E-state index contributed by atoms with van der Waals surface area (Å²) in [5.74, 6) is 0. The van der Waals surface area contributed by atoms with E-state index < -0.39 is 16.1 Å². The Morgan fingerprint density at radius 1 is 0.711 bits per heavy atom. The molecular weight excluding hydrogens is 578 g/mol. The molecule has 4 nitrogen and oxygen atoms in total. The summed E-state index contributed by atoms with van der Waals surface area (Å²) in [6.07, 6.45) is 1.88. The van der Waals surface area contributed by atoms with Crippen LogP contribution in [-0.2, 0) is 35.9 Å². The predicted octanol–water partition coefficient (Wildman–Crippen LogP) is 7.66. The van der Waals surface area contributed by atoms with E-state index >= 15 is 0 Å². The molecule has 0 fully saturated rings. The van der Waals surface area contributed by atoms with Crippen LogP contribution in [0.1, 0.15) is 40.8 Å². The molecule has 0 aliphatic rings. The van der Waals surface area contributed by atoms with Gasteiger partial charge < -0.3 is 24.9 Å². The summed E-state index contributed by atoms with van der Waals surface area (Å²) in [5.41, 5.74) is 4.15. The van der Waals surface area contributed by atoms with Crippen LogP contribution in [0.4, 0.5) is 0 Å². The van der Waals surface area contributed by atoms with E-state index in [0.29, 0.717) is 0 Å². The van der Waals surface area contributed by atoms with E-state index in [1.54, 1.807) is 24.3 Å². The minimum absolute atomic E-state index is 0. The van der Waals surface area contributed by atoms with E-state index in [9.17, 15) is 8.42 Å². The molecule has 0 saturated carbocycles. The molecule has 4 aromatic carbocycles. The summed E-state index contributed by atoms with van der Waals surface area (Å²) < 4.78 is 31.3. The van der Waals surface area contributed by atoms with Crippen LogP contribution in [0.3, 0.4) is 0 Å². The van der Waals surface area contributed by atoms with Crippen LogP contribution in [0.2, 0.25) is 0 Å². The SMILES string of the molecule is Cc1ccc(S(=O)(=O)[N-][C@H](c2ccccc2)[C@H](NCCCc2ccccc2)c2ccccc2)cc1.[CH3-].[CH3-].[Ru+4]. The van der Waals surface area contributed by atoms with Crippen LogP contribution in [0.5, 0.6) is 0 Å². The van der Waals surface area contributed by atoms with Gasteiger partial charge in [0.2, 0.25) is 0 Å². The third kappa shape index (κ3) is 9.29. The van der Waals surface area contributed by atoms with Gasteiger partial charge >= 0.3 is 19.5 Å². The van der Waals surface area contributed by atoms with Gasteiger partial charge in [-0.15, -0.1) is 0 Å². The van der Waals surface area contributed by atoms with Crippen LogP contribution in [0.15, 0.2) is 120 Å². The summed E-state index contributed by atoms with van der Waals surface area (Å²) in [4.78, 5) is 0.208. The Labute approximate surface area is 242 Å². The second-order valence-corrected chi connectivity index (χ2v) is 10.3. The largest absolute Gasteiger partial charge is 4.00 e. The minimum atomic E-state index is -3.87. The quantitative estimate of drug-likeness (QED) is 0.107. The first-order chi connectivity index (χ1) is 17.0. The first kappa shape index (κ1) is 33.4. The molecule has 0 unspecified atom stereocenters. The molecule has 0 radical (unpaired) electrons. The predicted molar refractivity (Wildman–Crippen MR) is 156 cm³/mol. The smallest absolute Gasteiger partial charge is 0.537 e. The zero-order valence-corrected chi connectivity index (χ0v) is 24.8. The average molecular weight is 615 g/mol. The summed E-state index contributed by atoms with van der Waals surface area (Å²) in [6, 6.07) is 36.0. The maximum absolute atomic E-state index is 13.4. The molecule has 38 heavy (non-hydrogen) atoms. The Bertz CT molecular complexity index is 1280. The maximum Gasteiger partial charge on any atom is 4.00 e. The first-order valence-corrected chi connectivity index (χ1v) is 13.4. The van der Waals surface area contributed by atoms with Crippen molar-refractivity contribution in [3.8, 4) is 0 Å². The van der Waals surface area contributed by atoms with E-state index in [2.05, 4.69) is 34.3 Å². The van der Waals surface area contributed by atoms with Crippen molar-refractivity contribution in [3.63, 3.8) is 0 Å². The zero-order valence-electron chi connectivity index (χ0n) is 22.3. The number of nitrogens with zero attached hydrogens (tertiary/aromatic N) is 1. The molecule has 0 heterocycles. The van der Waals surface area contributed by atoms with Crippen molar-refractivity contribution in [1.82, 2.24) is 5.32 Å². The van der Waals surface area contributed by atoms with Gasteiger partial charge in [-0.2, -0.15) is 0 Å². The van der Waals surface area contributed by atoms with E-state index in [4.69, 9.17) is 0 Å². The number of rotatable bonds is 11. The van der Waals surface area contributed by atoms with Crippen molar-refractivity contribution >= 4 is 10.0 Å². The van der Waals surface area contributed by atoms with Crippen molar-refractivity contribution in [2.45, 2.75) is 36.7 Å². The van der Waals surface area contributed by atoms with Gasteiger partial charge in [-0.3, -0.25) is 0 Å². The van der Waals surface area contributed by atoms with Gasteiger partial charge in [-0.25, -0.2) is 8.42 Å². The molecule has 0 saturated heterocycles. The Balaban J connectivity index is 0.00000241. The van der Waals surface area contributed by atoms with E-state index in [1.807, 2.05) is 73.7 Å². The standard InChI is InChI=1S/C30H31N2O2S.2CH3.Ru/c1-24-19-21-28(22-20-24)35(33,34)32-30(27-17-9-4-10-18-27)29(26-15-7-3-8-16-26)31-23-11-14-25-12-5-2-6-13-25;;;/h2-10,12-13,15-22,29-31H,11,14,23H2,1H3;2*1H3;/q3*-1;+4/t29-,30-;;;/m1.../s1. The van der Waals surface area contributed by atoms with Gasteiger partial charge in [0.1, 0.15) is 10.0 Å². The number of nitrogens with one attached hydrogen (secondary N) is 1. The molecular formula is C32H37N2O2RuS+. The molecule has 4 aromatic rings. The third-order valence-corrected chi connectivity index (χ3v) is 7.41. The van der Waals surface area contributed by atoms with Gasteiger partial charge in [0.15, 0.2) is 0 Å². The summed E-state index contributed by atoms with van der Waals surface area (Å²) >= 11 is 0. The van der Waals surface area contributed by atoms with Gasteiger partial charge in [-0.1, -0.05) is 120 Å². The van der Waals surface area contributed by atoms with Crippen molar-refractivity contribution in [2.75, 3.05) is 6.54 Å². The molecule has 0 aliphatic heterocycles. The van der Waals surface area contributed by atoms with Gasteiger partial charge in [0.05, 0.1) is 0 Å². The van der Waals surface area contributed by atoms with Gasteiger partial charge in [0, 0.05) is 10.9 Å². The van der Waals surface area contributed by atoms with Crippen LogP contribution in [0.25, 0.3) is 4.72 Å². The third-order valence-electron chi connectivity index (χ3n) is 6.04. The fraction of sp³-hybridized carbons (Fsp3) is 0.188. The van der Waals surface area contributed by atoms with E-state index in [-0.39, 0.29) is 45.3 Å². The van der Waals surface area contributed by atoms with E-state index in [1.165, 1.54) is 5.56 Å². The van der Waals surface area contributed by atoms with Crippen molar-refractivity contribution < 1.29 is 27.9 Å². The molecule has 6 heteroatoms. The molecule has 0 aliphatic carbocycles. The molecule has 0 bridgehead atoms. The fourth-order valence-electron chi connectivity index (χ4n) is 4.15. The number of hydrogen-bond donors (Lipinski definition) is 1. The molecule has 4 rings (SSSR count). The summed E-state index contributed by atoms with van der Waals surface area (Å²) in [7, 11) is -3.87. The maximum atomic E-state index is 13.4. The van der Waals surface area contributed by atoms with Crippen molar-refractivity contribution in [1.29, 1.82) is 0 Å². The van der Waals surface area contributed by atoms with E-state index in [0.717, 1.165) is 36.1 Å². The van der Waals surface area contributed by atoms with Crippen molar-refractivity contribution in [2.24, 2.45) is 0 Å². The first-order valence-electron chi connectivity index (χ1n) is 11.9. The van der Waals surface area contributed by atoms with Gasteiger partial charge in [-0.05, 0) is 49.6 Å². The number of sulfonamides is 1. The zero-order chi connectivity index (χ0) is 24.5. The topological polar surface area (TPSA) is 60.3 Å². The molecule has 2 atom stereocenters. The Morgan fingerprint density at radius 2 is 1.21 bits per heavy atom. The number of hydrogen-bond acceptors (Lipinski definition) is 3. The molecule has 0 aromatic heterocycles. The molecule has 0 amide bonds. The normalized spacial score (nSPS) is 12.2. The minimum Gasteiger partial charge on any atom is -0.537 e. The monoisotopic (exact) mass is 615 g/mol.